The van der Waals surface area contributed by atoms with E-state index in [1.807, 2.05) is 0 Å². The van der Waals surface area contributed by atoms with E-state index < -0.39 is 0 Å². The largest absolute Gasteiger partial charge is 0.354 e. The molecule has 1 saturated heterocycles. The Kier molecular flexibility index (Phi) is 5.06. The number of carbonyl (C=O) groups excluding carboxylic acids is 1. The molecule has 3 nitrogen and oxygen atoms in total. The summed E-state index contributed by atoms with van der Waals surface area (Å²) in [7, 11) is 0. The fraction of sp³-hybridized carbons (Fsp3) is 0.917. The molecule has 0 aromatic carbocycles. The summed E-state index contributed by atoms with van der Waals surface area (Å²) in [6.45, 7) is 4.11. The summed E-state index contributed by atoms with van der Waals surface area (Å²) in [5.74, 6) is 0.217. The summed E-state index contributed by atoms with van der Waals surface area (Å²) in [5, 5.41) is 6.39. The Balaban J connectivity index is 0.00000128. The number of halogens is 1. The molecule has 1 atom stereocenters. The predicted molar refractivity (Wildman–Crippen MR) is 67.9 cm³/mol. The monoisotopic (exact) mass is 246 g/mol. The van der Waals surface area contributed by atoms with Crippen LogP contribution in [-0.2, 0) is 4.79 Å². The Morgan fingerprint density at radius 3 is 2.69 bits per heavy atom. The van der Waals surface area contributed by atoms with Crippen molar-refractivity contribution in [3.8, 4) is 0 Å². The molecule has 2 rings (SSSR count). The molecule has 94 valence electrons. The Morgan fingerprint density at radius 2 is 2.19 bits per heavy atom. The van der Waals surface area contributed by atoms with Gasteiger partial charge in [0.25, 0.3) is 0 Å². The van der Waals surface area contributed by atoms with Gasteiger partial charge >= 0.3 is 0 Å². The van der Waals surface area contributed by atoms with Crippen molar-refractivity contribution >= 4 is 18.3 Å². The highest BCUT2D eigenvalue weighted by Crippen LogP contribution is 2.47. The Labute approximate surface area is 104 Å². The Hall–Kier alpha value is -0.280. The quantitative estimate of drug-likeness (QED) is 0.795. The van der Waals surface area contributed by atoms with E-state index in [4.69, 9.17) is 0 Å². The molecule has 1 saturated carbocycles. The highest BCUT2D eigenvalue weighted by Gasteiger charge is 2.40. The van der Waals surface area contributed by atoms with E-state index in [0.29, 0.717) is 5.41 Å². The molecule has 1 aliphatic heterocycles. The minimum Gasteiger partial charge on any atom is -0.354 e. The third-order valence-electron chi connectivity index (χ3n) is 3.97. The molecule has 2 aliphatic rings. The van der Waals surface area contributed by atoms with Gasteiger partial charge in [0.05, 0.1) is 6.04 Å². The molecule has 1 amide bonds. The van der Waals surface area contributed by atoms with Gasteiger partial charge in [-0.3, -0.25) is 4.79 Å². The van der Waals surface area contributed by atoms with Crippen LogP contribution in [0.5, 0.6) is 0 Å². The zero-order valence-electron chi connectivity index (χ0n) is 10.1. The van der Waals surface area contributed by atoms with Gasteiger partial charge in [0.15, 0.2) is 0 Å². The van der Waals surface area contributed by atoms with Crippen molar-refractivity contribution in [3.63, 3.8) is 0 Å². The number of carbonyl (C=O) groups is 1. The summed E-state index contributed by atoms with van der Waals surface area (Å²) in [5.41, 5.74) is 0.463. The van der Waals surface area contributed by atoms with E-state index in [1.54, 1.807) is 0 Å². The predicted octanol–water partition coefficient (Wildman–Crippen LogP) is 1.86. The molecule has 4 heteroatoms. The second-order valence-corrected chi connectivity index (χ2v) is 5.07. The average Bonchev–Trinajstić information content (AvgIpc) is 3.08. The third-order valence-corrected chi connectivity index (χ3v) is 3.97. The molecular formula is C12H23ClN2O. The number of amides is 1. The van der Waals surface area contributed by atoms with Crippen LogP contribution >= 0.6 is 12.4 Å². The van der Waals surface area contributed by atoms with Crippen LogP contribution in [0.25, 0.3) is 0 Å². The van der Waals surface area contributed by atoms with Crippen molar-refractivity contribution in [2.24, 2.45) is 5.41 Å². The van der Waals surface area contributed by atoms with Crippen LogP contribution in [0.1, 0.15) is 45.4 Å². The molecule has 1 aliphatic carbocycles. The van der Waals surface area contributed by atoms with Crippen LogP contribution in [0.3, 0.4) is 0 Å². The van der Waals surface area contributed by atoms with Crippen LogP contribution in [0.15, 0.2) is 0 Å². The molecule has 16 heavy (non-hydrogen) atoms. The molecule has 0 bridgehead atoms. The normalized spacial score (nSPS) is 26.7. The summed E-state index contributed by atoms with van der Waals surface area (Å²) in [6, 6.07) is 0.0754. The highest BCUT2D eigenvalue weighted by atomic mass is 35.5. The van der Waals surface area contributed by atoms with Gasteiger partial charge in [0.2, 0.25) is 5.91 Å². The summed E-state index contributed by atoms with van der Waals surface area (Å²) >= 11 is 0. The number of hydrogen-bond acceptors (Lipinski definition) is 2. The van der Waals surface area contributed by atoms with E-state index in [2.05, 4.69) is 17.6 Å². The van der Waals surface area contributed by atoms with E-state index in [9.17, 15) is 4.79 Å². The second-order valence-electron chi connectivity index (χ2n) is 5.07. The van der Waals surface area contributed by atoms with Gasteiger partial charge in [-0.15, -0.1) is 12.4 Å². The lowest BCUT2D eigenvalue weighted by Crippen LogP contribution is -2.47. The van der Waals surface area contributed by atoms with Crippen LogP contribution in [0, 0.1) is 5.41 Å². The van der Waals surface area contributed by atoms with Crippen LogP contribution in [0.4, 0.5) is 0 Å². The van der Waals surface area contributed by atoms with Gasteiger partial charge in [-0.1, -0.05) is 13.3 Å². The van der Waals surface area contributed by atoms with Crippen LogP contribution in [-0.4, -0.2) is 25.0 Å². The molecule has 1 heterocycles. The van der Waals surface area contributed by atoms with Gasteiger partial charge in [0, 0.05) is 6.54 Å². The lowest BCUT2D eigenvalue weighted by Gasteiger charge is -2.23. The SMILES string of the molecule is CCC1(CNC(=O)[C@H]2CCCCN2)CC1.Cl. The van der Waals surface area contributed by atoms with Crippen LogP contribution < -0.4 is 10.6 Å². The standard InChI is InChI=1S/C12H22N2O.ClH/c1-2-12(6-7-12)9-14-11(15)10-5-3-4-8-13-10;/h10,13H,2-9H2,1H3,(H,14,15);1H/t10-;/m1./s1. The molecule has 2 N–H and O–H groups in total. The highest BCUT2D eigenvalue weighted by molar-refractivity contribution is 5.85. The molecule has 0 radical (unpaired) electrons. The number of hydrogen-bond donors (Lipinski definition) is 2. The topological polar surface area (TPSA) is 41.1 Å². The summed E-state index contributed by atoms with van der Waals surface area (Å²) < 4.78 is 0. The van der Waals surface area contributed by atoms with Gasteiger partial charge in [0.1, 0.15) is 0 Å². The summed E-state index contributed by atoms with van der Waals surface area (Å²) in [4.78, 5) is 11.8. The smallest absolute Gasteiger partial charge is 0.237 e. The molecule has 0 aromatic rings. The van der Waals surface area contributed by atoms with Gasteiger partial charge in [-0.2, -0.15) is 0 Å². The first-order valence-corrected chi connectivity index (χ1v) is 6.27. The van der Waals surface area contributed by atoms with Gasteiger partial charge < -0.3 is 10.6 Å². The molecule has 2 fully saturated rings. The maximum absolute atomic E-state index is 11.8. The third kappa shape index (κ3) is 3.36. The van der Waals surface area contributed by atoms with Crippen molar-refractivity contribution in [1.82, 2.24) is 10.6 Å². The number of piperidine rings is 1. The van der Waals surface area contributed by atoms with Crippen molar-refractivity contribution in [2.45, 2.75) is 51.5 Å². The zero-order valence-corrected chi connectivity index (χ0v) is 10.9. The van der Waals surface area contributed by atoms with Crippen molar-refractivity contribution < 1.29 is 4.79 Å². The second kappa shape index (κ2) is 5.87. The van der Waals surface area contributed by atoms with Gasteiger partial charge in [-0.05, 0) is 44.1 Å². The minimum atomic E-state index is 0. The van der Waals surface area contributed by atoms with Crippen molar-refractivity contribution in [1.29, 1.82) is 0 Å². The lowest BCUT2D eigenvalue weighted by molar-refractivity contribution is -0.123. The number of rotatable bonds is 4. The Bertz CT molecular complexity index is 235. The maximum atomic E-state index is 11.8. The molecule has 0 unspecified atom stereocenters. The zero-order chi connectivity index (χ0) is 10.7. The van der Waals surface area contributed by atoms with E-state index in [1.165, 1.54) is 32.1 Å². The van der Waals surface area contributed by atoms with Gasteiger partial charge in [-0.25, -0.2) is 0 Å². The molecule has 0 spiro atoms. The molecule has 0 aromatic heterocycles. The lowest BCUT2D eigenvalue weighted by atomic mass is 10.0. The first-order valence-electron chi connectivity index (χ1n) is 6.27. The maximum Gasteiger partial charge on any atom is 0.237 e. The Morgan fingerprint density at radius 1 is 1.44 bits per heavy atom. The first kappa shape index (κ1) is 13.8. The fourth-order valence-electron chi connectivity index (χ4n) is 2.31. The van der Waals surface area contributed by atoms with E-state index in [0.717, 1.165) is 19.5 Å². The average molecular weight is 247 g/mol. The minimum absolute atomic E-state index is 0. The van der Waals surface area contributed by atoms with Crippen molar-refractivity contribution in [2.75, 3.05) is 13.1 Å². The van der Waals surface area contributed by atoms with Crippen LogP contribution in [0.2, 0.25) is 0 Å². The van der Waals surface area contributed by atoms with Crippen molar-refractivity contribution in [3.05, 3.63) is 0 Å². The molecular weight excluding hydrogens is 224 g/mol. The first-order chi connectivity index (χ1) is 7.26. The van der Waals surface area contributed by atoms with E-state index >= 15 is 0 Å². The van der Waals surface area contributed by atoms with E-state index in [-0.39, 0.29) is 24.4 Å². The summed E-state index contributed by atoms with van der Waals surface area (Å²) in [6.07, 6.45) is 7.19. The number of nitrogens with one attached hydrogen (secondary N) is 2. The fourth-order valence-corrected chi connectivity index (χ4v) is 2.31.